The van der Waals surface area contributed by atoms with Crippen molar-refractivity contribution in [2.45, 2.75) is 33.9 Å². The highest BCUT2D eigenvalue weighted by Gasteiger charge is 2.23. The summed E-state index contributed by atoms with van der Waals surface area (Å²) in [6, 6.07) is 14.6. The minimum atomic E-state index is -0.398. The number of amides is 1. The Morgan fingerprint density at radius 3 is 2.55 bits per heavy atom. The van der Waals surface area contributed by atoms with Gasteiger partial charge in [-0.1, -0.05) is 46.6 Å². The van der Waals surface area contributed by atoms with Gasteiger partial charge in [0, 0.05) is 10.0 Å². The highest BCUT2D eigenvalue weighted by atomic mass is 35.5. The molecule has 2 heterocycles. The molecule has 0 aliphatic heterocycles. The Hall–Kier alpha value is -3.29. The molecule has 1 amide bonds. The lowest BCUT2D eigenvalue weighted by Gasteiger charge is -2.09. The maximum Gasteiger partial charge on any atom is 0.278 e. The predicted molar refractivity (Wildman–Crippen MR) is 127 cm³/mol. The number of carbonyl (C=O) groups is 1. The molecular formula is C24H22Cl2N4O3. The highest BCUT2D eigenvalue weighted by molar-refractivity contribution is 6.31. The molecule has 170 valence electrons. The van der Waals surface area contributed by atoms with Crippen molar-refractivity contribution in [2.75, 3.05) is 5.32 Å². The number of benzene rings is 2. The van der Waals surface area contributed by atoms with Gasteiger partial charge in [-0.15, -0.1) is 0 Å². The number of hydrogen-bond acceptors (Lipinski definition) is 5. The molecule has 0 bridgehead atoms. The first-order valence-electron chi connectivity index (χ1n) is 10.3. The van der Waals surface area contributed by atoms with Gasteiger partial charge in [-0.25, -0.2) is 0 Å². The number of nitrogens with zero attached hydrogens (tertiary/aromatic N) is 3. The lowest BCUT2D eigenvalue weighted by molar-refractivity contribution is 0.101. The quantitative estimate of drug-likeness (QED) is 0.348. The molecule has 0 unspecified atom stereocenters. The van der Waals surface area contributed by atoms with Crippen LogP contribution < -0.4 is 10.1 Å². The van der Waals surface area contributed by atoms with Crippen LogP contribution in [-0.4, -0.2) is 20.8 Å². The van der Waals surface area contributed by atoms with E-state index in [-0.39, 0.29) is 12.3 Å². The second-order valence-electron chi connectivity index (χ2n) is 7.56. The summed E-state index contributed by atoms with van der Waals surface area (Å²) in [5, 5.41) is 12.7. The van der Waals surface area contributed by atoms with Crippen LogP contribution in [0.5, 0.6) is 5.75 Å². The summed E-state index contributed by atoms with van der Waals surface area (Å²) in [5.74, 6) is 0.737. The van der Waals surface area contributed by atoms with Crippen molar-refractivity contribution in [1.82, 2.24) is 14.9 Å². The van der Waals surface area contributed by atoms with E-state index >= 15 is 0 Å². The zero-order valence-corrected chi connectivity index (χ0v) is 19.9. The maximum absolute atomic E-state index is 13.1. The third-order valence-corrected chi connectivity index (χ3v) is 5.92. The Kier molecular flexibility index (Phi) is 6.72. The van der Waals surface area contributed by atoms with E-state index in [0.29, 0.717) is 45.0 Å². The third kappa shape index (κ3) is 5.05. The lowest BCUT2D eigenvalue weighted by Crippen LogP contribution is -2.16. The fourth-order valence-corrected chi connectivity index (χ4v) is 3.74. The first-order valence-corrected chi connectivity index (χ1v) is 11.0. The number of rotatable bonds is 7. The van der Waals surface area contributed by atoms with Crippen molar-refractivity contribution in [2.24, 2.45) is 0 Å². The highest BCUT2D eigenvalue weighted by Crippen LogP contribution is 2.25. The number of aromatic nitrogens is 3. The molecule has 9 heteroatoms. The van der Waals surface area contributed by atoms with Gasteiger partial charge in [0.25, 0.3) is 5.91 Å². The number of anilines is 1. The van der Waals surface area contributed by atoms with Crippen molar-refractivity contribution in [3.63, 3.8) is 0 Å². The number of carbonyl (C=O) groups excluding carboxylic acids is 1. The summed E-state index contributed by atoms with van der Waals surface area (Å²) in [6.07, 6.45) is 0. The number of halogens is 2. The number of ether oxygens (including phenoxy) is 1. The van der Waals surface area contributed by atoms with E-state index in [1.165, 1.54) is 0 Å². The number of aryl methyl sites for hydroxylation is 2. The number of hydrogen-bond donors (Lipinski definition) is 1. The van der Waals surface area contributed by atoms with Crippen LogP contribution in [0.3, 0.4) is 0 Å². The summed E-state index contributed by atoms with van der Waals surface area (Å²) >= 11 is 12.2. The van der Waals surface area contributed by atoms with Crippen LogP contribution in [0.1, 0.15) is 38.8 Å². The fourth-order valence-electron chi connectivity index (χ4n) is 3.42. The maximum atomic E-state index is 13.1. The topological polar surface area (TPSA) is 82.2 Å². The first-order chi connectivity index (χ1) is 15.8. The van der Waals surface area contributed by atoms with Gasteiger partial charge < -0.3 is 14.6 Å². The van der Waals surface area contributed by atoms with Crippen molar-refractivity contribution in [3.8, 4) is 5.75 Å². The summed E-state index contributed by atoms with van der Waals surface area (Å²) in [5.41, 5.74) is 3.79. The van der Waals surface area contributed by atoms with E-state index in [1.54, 1.807) is 31.2 Å². The molecule has 0 fully saturated rings. The molecule has 0 aliphatic rings. The van der Waals surface area contributed by atoms with Crippen LogP contribution in [-0.2, 0) is 13.2 Å². The first kappa shape index (κ1) is 22.9. The van der Waals surface area contributed by atoms with Gasteiger partial charge in [0.15, 0.2) is 5.69 Å². The van der Waals surface area contributed by atoms with E-state index in [0.717, 1.165) is 11.3 Å². The van der Waals surface area contributed by atoms with Crippen LogP contribution in [0, 0.1) is 20.8 Å². The molecule has 0 atom stereocenters. The molecule has 0 spiro atoms. The Morgan fingerprint density at radius 1 is 1.09 bits per heavy atom. The zero-order valence-electron chi connectivity index (χ0n) is 18.4. The minimum Gasteiger partial charge on any atom is -0.489 e. The minimum absolute atomic E-state index is 0.128. The van der Waals surface area contributed by atoms with Crippen LogP contribution in [0.2, 0.25) is 10.0 Å². The van der Waals surface area contributed by atoms with Crippen LogP contribution in [0.25, 0.3) is 0 Å². The second-order valence-corrected chi connectivity index (χ2v) is 8.40. The smallest absolute Gasteiger partial charge is 0.278 e. The zero-order chi connectivity index (χ0) is 23.5. The average molecular weight is 485 g/mol. The SMILES string of the molecule is Cc1nn(Cc2ccccc2Cl)c(C)c1NC(=O)c1noc(C)c1COc1ccc(Cl)cc1. The Balaban J connectivity index is 1.51. The molecule has 0 saturated heterocycles. The van der Waals surface area contributed by atoms with Gasteiger partial charge >= 0.3 is 0 Å². The molecule has 0 radical (unpaired) electrons. The fraction of sp³-hybridized carbons (Fsp3) is 0.208. The largest absolute Gasteiger partial charge is 0.489 e. The summed E-state index contributed by atoms with van der Waals surface area (Å²) in [6.45, 7) is 6.09. The standard InChI is InChI=1S/C24H22Cl2N4O3/c1-14-22(15(2)30(28-14)12-17-6-4-5-7-21(17)26)27-24(31)23-20(16(3)33-29-23)13-32-19-10-8-18(25)9-11-19/h4-11H,12-13H2,1-3H3,(H,27,31). The Labute approximate surface area is 201 Å². The number of nitrogens with one attached hydrogen (secondary N) is 1. The van der Waals surface area contributed by atoms with E-state index in [4.69, 9.17) is 32.5 Å². The van der Waals surface area contributed by atoms with Crippen molar-refractivity contribution < 1.29 is 14.1 Å². The molecule has 2 aromatic carbocycles. The van der Waals surface area contributed by atoms with Gasteiger partial charge in [-0.2, -0.15) is 5.10 Å². The predicted octanol–water partition coefficient (Wildman–Crippen LogP) is 5.98. The third-order valence-electron chi connectivity index (χ3n) is 5.29. The van der Waals surface area contributed by atoms with Crippen LogP contribution in [0.15, 0.2) is 53.1 Å². The Morgan fingerprint density at radius 2 is 1.82 bits per heavy atom. The molecule has 2 aromatic heterocycles. The normalized spacial score (nSPS) is 10.9. The van der Waals surface area contributed by atoms with Crippen molar-refractivity contribution >= 4 is 34.8 Å². The molecule has 7 nitrogen and oxygen atoms in total. The van der Waals surface area contributed by atoms with Crippen LogP contribution >= 0.6 is 23.2 Å². The molecule has 33 heavy (non-hydrogen) atoms. The van der Waals surface area contributed by atoms with E-state index in [1.807, 2.05) is 42.8 Å². The van der Waals surface area contributed by atoms with Gasteiger partial charge in [0.1, 0.15) is 18.1 Å². The lowest BCUT2D eigenvalue weighted by atomic mass is 10.2. The molecule has 4 aromatic rings. The molecule has 4 rings (SSSR count). The monoisotopic (exact) mass is 484 g/mol. The van der Waals surface area contributed by atoms with Gasteiger partial charge in [0.2, 0.25) is 0 Å². The summed E-state index contributed by atoms with van der Waals surface area (Å²) in [7, 11) is 0. The Bertz CT molecular complexity index is 1300. The van der Waals surface area contributed by atoms with E-state index in [2.05, 4.69) is 15.6 Å². The molecular weight excluding hydrogens is 463 g/mol. The van der Waals surface area contributed by atoms with Gasteiger partial charge in [-0.3, -0.25) is 9.48 Å². The second kappa shape index (κ2) is 9.68. The van der Waals surface area contributed by atoms with Gasteiger partial charge in [0.05, 0.1) is 29.2 Å². The van der Waals surface area contributed by atoms with E-state index < -0.39 is 5.91 Å². The summed E-state index contributed by atoms with van der Waals surface area (Å²) < 4.78 is 12.9. The summed E-state index contributed by atoms with van der Waals surface area (Å²) in [4.78, 5) is 13.1. The van der Waals surface area contributed by atoms with Crippen molar-refractivity contribution in [1.29, 1.82) is 0 Å². The molecule has 0 aliphatic carbocycles. The molecule has 1 N–H and O–H groups in total. The van der Waals surface area contributed by atoms with E-state index in [9.17, 15) is 4.79 Å². The average Bonchev–Trinajstić information content (AvgIpc) is 3.29. The van der Waals surface area contributed by atoms with Gasteiger partial charge in [-0.05, 0) is 56.7 Å². The van der Waals surface area contributed by atoms with Crippen LogP contribution in [0.4, 0.5) is 5.69 Å². The van der Waals surface area contributed by atoms with Crippen molar-refractivity contribution in [3.05, 3.63) is 92.5 Å². The molecule has 0 saturated carbocycles.